The van der Waals surface area contributed by atoms with Gasteiger partial charge in [-0.25, -0.2) is 4.98 Å². The van der Waals surface area contributed by atoms with Crippen molar-refractivity contribution in [3.8, 4) is 5.75 Å². The number of amides is 1. The van der Waals surface area contributed by atoms with Gasteiger partial charge in [-0.2, -0.15) is 0 Å². The van der Waals surface area contributed by atoms with Gasteiger partial charge in [-0.15, -0.1) is 0 Å². The molecule has 6 heteroatoms. The first-order valence-electron chi connectivity index (χ1n) is 6.50. The van der Waals surface area contributed by atoms with Crippen LogP contribution in [0.1, 0.15) is 17.4 Å². The zero-order valence-electron chi connectivity index (χ0n) is 11.8. The number of carbonyl (C=O) groups excluding carboxylic acids is 1. The van der Waals surface area contributed by atoms with Crippen LogP contribution in [-0.4, -0.2) is 24.5 Å². The van der Waals surface area contributed by atoms with E-state index >= 15 is 0 Å². The molecule has 0 saturated carbocycles. The zero-order valence-corrected chi connectivity index (χ0v) is 13.4. The Labute approximate surface area is 131 Å². The minimum Gasteiger partial charge on any atom is -0.496 e. The third kappa shape index (κ3) is 3.95. The first kappa shape index (κ1) is 15.3. The van der Waals surface area contributed by atoms with Crippen LogP contribution in [0.25, 0.3) is 0 Å². The van der Waals surface area contributed by atoms with Gasteiger partial charge in [-0.1, -0.05) is 6.07 Å². The molecule has 2 rings (SSSR count). The summed E-state index contributed by atoms with van der Waals surface area (Å²) in [6.07, 6.45) is 0. The summed E-state index contributed by atoms with van der Waals surface area (Å²) in [6, 6.07) is 10.6. The Hall–Kier alpha value is -2.08. The molecule has 110 valence electrons. The summed E-state index contributed by atoms with van der Waals surface area (Å²) in [4.78, 5) is 16.4. The van der Waals surface area contributed by atoms with Crippen molar-refractivity contribution in [1.29, 1.82) is 0 Å². The van der Waals surface area contributed by atoms with E-state index in [-0.39, 0.29) is 5.91 Å². The summed E-state index contributed by atoms with van der Waals surface area (Å²) in [6.45, 7) is 2.73. The van der Waals surface area contributed by atoms with Gasteiger partial charge in [-0.3, -0.25) is 4.79 Å². The number of anilines is 2. The average molecular weight is 350 g/mol. The van der Waals surface area contributed by atoms with Crippen molar-refractivity contribution >= 4 is 33.3 Å². The summed E-state index contributed by atoms with van der Waals surface area (Å²) in [5.74, 6) is 1.13. The van der Waals surface area contributed by atoms with E-state index in [9.17, 15) is 4.79 Å². The summed E-state index contributed by atoms with van der Waals surface area (Å²) >= 11 is 3.38. The van der Waals surface area contributed by atoms with Gasteiger partial charge in [0.05, 0.1) is 11.6 Å². The summed E-state index contributed by atoms with van der Waals surface area (Å²) in [7, 11) is 1.59. The van der Waals surface area contributed by atoms with E-state index in [0.29, 0.717) is 22.9 Å². The molecule has 0 unspecified atom stereocenters. The number of pyridine rings is 1. The number of rotatable bonds is 5. The Kier molecular flexibility index (Phi) is 5.16. The molecule has 2 aromatic rings. The third-order valence-corrected chi connectivity index (χ3v) is 3.37. The smallest absolute Gasteiger partial charge is 0.274 e. The molecule has 0 atom stereocenters. The van der Waals surface area contributed by atoms with Gasteiger partial charge < -0.3 is 15.4 Å². The summed E-state index contributed by atoms with van der Waals surface area (Å²) in [5.41, 5.74) is 1.03. The molecule has 0 radical (unpaired) electrons. The second-order valence-corrected chi connectivity index (χ2v) is 5.10. The van der Waals surface area contributed by atoms with Crippen LogP contribution in [0.15, 0.2) is 40.9 Å². The number of ether oxygens (including phenoxy) is 1. The lowest BCUT2D eigenvalue weighted by atomic mass is 10.2. The van der Waals surface area contributed by atoms with E-state index in [4.69, 9.17) is 4.74 Å². The highest BCUT2D eigenvalue weighted by Gasteiger charge is 2.09. The molecular weight excluding hydrogens is 334 g/mol. The van der Waals surface area contributed by atoms with Gasteiger partial charge >= 0.3 is 0 Å². The maximum atomic E-state index is 12.2. The maximum absolute atomic E-state index is 12.2. The van der Waals surface area contributed by atoms with Gasteiger partial charge in [0.15, 0.2) is 0 Å². The van der Waals surface area contributed by atoms with Crippen LogP contribution in [0.2, 0.25) is 0 Å². The Morgan fingerprint density at radius 1 is 1.33 bits per heavy atom. The highest BCUT2D eigenvalue weighted by molar-refractivity contribution is 9.10. The van der Waals surface area contributed by atoms with E-state index in [2.05, 4.69) is 31.5 Å². The molecular formula is C15H16BrN3O2. The second kappa shape index (κ2) is 7.08. The molecule has 0 aliphatic heterocycles. The minimum absolute atomic E-state index is 0.258. The summed E-state index contributed by atoms with van der Waals surface area (Å²) < 4.78 is 5.93. The molecule has 1 heterocycles. The van der Waals surface area contributed by atoms with E-state index in [0.717, 1.165) is 11.0 Å². The van der Waals surface area contributed by atoms with Gasteiger partial charge in [0.25, 0.3) is 5.91 Å². The first-order valence-corrected chi connectivity index (χ1v) is 7.29. The van der Waals surface area contributed by atoms with Crippen molar-refractivity contribution in [3.05, 3.63) is 46.6 Å². The quantitative estimate of drug-likeness (QED) is 0.866. The zero-order chi connectivity index (χ0) is 15.2. The van der Waals surface area contributed by atoms with Crippen molar-refractivity contribution in [2.24, 2.45) is 0 Å². The van der Waals surface area contributed by atoms with Crippen LogP contribution in [-0.2, 0) is 0 Å². The normalized spacial score (nSPS) is 10.0. The molecule has 1 aromatic carbocycles. The van der Waals surface area contributed by atoms with Crippen LogP contribution >= 0.6 is 15.9 Å². The van der Waals surface area contributed by atoms with Crippen molar-refractivity contribution < 1.29 is 9.53 Å². The SMILES string of the molecule is CCNc1cccc(C(=O)Nc2ccc(OC)c(Br)c2)n1. The number of aromatic nitrogens is 1. The fourth-order valence-corrected chi connectivity index (χ4v) is 2.32. The number of hydrogen-bond donors (Lipinski definition) is 2. The van der Waals surface area contributed by atoms with Crippen LogP contribution in [0.4, 0.5) is 11.5 Å². The van der Waals surface area contributed by atoms with Gasteiger partial charge in [0.2, 0.25) is 0 Å². The molecule has 0 aliphatic carbocycles. The highest BCUT2D eigenvalue weighted by atomic mass is 79.9. The fourth-order valence-electron chi connectivity index (χ4n) is 1.78. The topological polar surface area (TPSA) is 63.2 Å². The lowest BCUT2D eigenvalue weighted by molar-refractivity contribution is 0.102. The van der Waals surface area contributed by atoms with E-state index in [1.807, 2.05) is 13.0 Å². The molecule has 0 fully saturated rings. The molecule has 0 bridgehead atoms. The minimum atomic E-state index is -0.258. The lowest BCUT2D eigenvalue weighted by Gasteiger charge is -2.09. The van der Waals surface area contributed by atoms with Crippen molar-refractivity contribution in [2.75, 3.05) is 24.3 Å². The monoisotopic (exact) mass is 349 g/mol. The average Bonchev–Trinajstić information content (AvgIpc) is 2.48. The van der Waals surface area contributed by atoms with E-state index in [1.54, 1.807) is 37.4 Å². The van der Waals surface area contributed by atoms with Crippen LogP contribution in [0, 0.1) is 0 Å². The molecule has 0 saturated heterocycles. The lowest BCUT2D eigenvalue weighted by Crippen LogP contribution is -2.14. The first-order chi connectivity index (χ1) is 10.1. The molecule has 5 nitrogen and oxygen atoms in total. The van der Waals surface area contributed by atoms with Gasteiger partial charge in [-0.05, 0) is 53.2 Å². The third-order valence-electron chi connectivity index (χ3n) is 2.75. The van der Waals surface area contributed by atoms with E-state index in [1.165, 1.54) is 0 Å². The fraction of sp³-hybridized carbons (Fsp3) is 0.200. The van der Waals surface area contributed by atoms with Crippen molar-refractivity contribution in [2.45, 2.75) is 6.92 Å². The molecule has 1 aromatic heterocycles. The second-order valence-electron chi connectivity index (χ2n) is 4.24. The molecule has 21 heavy (non-hydrogen) atoms. The van der Waals surface area contributed by atoms with Crippen LogP contribution < -0.4 is 15.4 Å². The van der Waals surface area contributed by atoms with Crippen molar-refractivity contribution in [3.63, 3.8) is 0 Å². The van der Waals surface area contributed by atoms with E-state index < -0.39 is 0 Å². The number of halogens is 1. The molecule has 1 amide bonds. The van der Waals surface area contributed by atoms with Gasteiger partial charge in [0.1, 0.15) is 17.3 Å². The summed E-state index contributed by atoms with van der Waals surface area (Å²) in [5, 5.41) is 5.88. The number of carbonyl (C=O) groups is 1. The molecule has 0 aliphatic rings. The van der Waals surface area contributed by atoms with Crippen LogP contribution in [0.3, 0.4) is 0 Å². The number of benzene rings is 1. The largest absolute Gasteiger partial charge is 0.496 e. The molecule has 2 N–H and O–H groups in total. The van der Waals surface area contributed by atoms with Gasteiger partial charge in [0, 0.05) is 12.2 Å². The number of hydrogen-bond acceptors (Lipinski definition) is 4. The molecule has 0 spiro atoms. The number of methoxy groups -OCH3 is 1. The predicted molar refractivity (Wildman–Crippen MR) is 87.0 cm³/mol. The number of nitrogens with zero attached hydrogens (tertiary/aromatic N) is 1. The van der Waals surface area contributed by atoms with Crippen molar-refractivity contribution in [1.82, 2.24) is 4.98 Å². The van der Waals surface area contributed by atoms with Crippen LogP contribution in [0.5, 0.6) is 5.75 Å². The Balaban J connectivity index is 2.14. The Bertz CT molecular complexity index is 647. The highest BCUT2D eigenvalue weighted by Crippen LogP contribution is 2.27. The number of nitrogens with one attached hydrogen (secondary N) is 2. The maximum Gasteiger partial charge on any atom is 0.274 e. The standard InChI is InChI=1S/C15H16BrN3O2/c1-3-17-14-6-4-5-12(19-14)15(20)18-10-7-8-13(21-2)11(16)9-10/h4-9H,3H2,1-2H3,(H,17,19)(H,18,20). The predicted octanol–water partition coefficient (Wildman–Crippen LogP) is 3.54. The Morgan fingerprint density at radius 2 is 2.14 bits per heavy atom. The Morgan fingerprint density at radius 3 is 2.81 bits per heavy atom.